The summed E-state index contributed by atoms with van der Waals surface area (Å²) in [6.07, 6.45) is 0.348. The van der Waals surface area contributed by atoms with Crippen molar-refractivity contribution in [3.8, 4) is 0 Å². The Labute approximate surface area is 108 Å². The van der Waals surface area contributed by atoms with Crippen molar-refractivity contribution >= 4 is 11.9 Å². The first-order chi connectivity index (χ1) is 8.91. The van der Waals surface area contributed by atoms with Crippen molar-refractivity contribution in [2.75, 3.05) is 13.6 Å². The quantitative estimate of drug-likeness (QED) is 0.903. The van der Waals surface area contributed by atoms with Crippen molar-refractivity contribution < 1.29 is 23.5 Å². The fourth-order valence-corrected chi connectivity index (χ4v) is 2.22. The number of carbonyl (C=O) groups excluding carboxylic acids is 1. The van der Waals surface area contributed by atoms with Crippen LogP contribution in [-0.2, 0) is 9.59 Å². The molecule has 1 amide bonds. The van der Waals surface area contributed by atoms with Gasteiger partial charge in [0.1, 0.15) is 18.2 Å². The van der Waals surface area contributed by atoms with E-state index in [1.165, 1.54) is 13.1 Å². The van der Waals surface area contributed by atoms with Crippen LogP contribution in [0.2, 0.25) is 0 Å². The number of amides is 1. The second-order valence-corrected chi connectivity index (χ2v) is 4.67. The summed E-state index contributed by atoms with van der Waals surface area (Å²) in [7, 11) is 1.36. The Kier molecular flexibility index (Phi) is 3.50. The molecule has 1 saturated carbocycles. The van der Waals surface area contributed by atoms with E-state index in [0.29, 0.717) is 6.42 Å². The van der Waals surface area contributed by atoms with Crippen LogP contribution in [0.15, 0.2) is 18.2 Å². The van der Waals surface area contributed by atoms with Gasteiger partial charge in [0.2, 0.25) is 5.91 Å². The lowest BCUT2D eigenvalue weighted by Crippen LogP contribution is -2.33. The Morgan fingerprint density at radius 1 is 1.37 bits per heavy atom. The molecule has 0 bridgehead atoms. The van der Waals surface area contributed by atoms with Gasteiger partial charge in [-0.05, 0) is 18.6 Å². The maximum atomic E-state index is 13.5. The maximum Gasteiger partial charge on any atom is 0.323 e. The third-order valence-corrected chi connectivity index (χ3v) is 3.23. The summed E-state index contributed by atoms with van der Waals surface area (Å²) in [6, 6.07) is 3.57. The fourth-order valence-electron chi connectivity index (χ4n) is 2.22. The molecule has 0 heterocycles. The molecule has 6 heteroatoms. The summed E-state index contributed by atoms with van der Waals surface area (Å²) in [6.45, 7) is -0.415. The average Bonchev–Trinajstić information content (AvgIpc) is 3.07. The lowest BCUT2D eigenvalue weighted by molar-refractivity contribution is -0.144. The molecule has 1 N–H and O–H groups in total. The van der Waals surface area contributed by atoms with Crippen molar-refractivity contribution in [2.24, 2.45) is 5.92 Å². The second-order valence-electron chi connectivity index (χ2n) is 4.67. The molecule has 1 aliphatic rings. The summed E-state index contributed by atoms with van der Waals surface area (Å²) >= 11 is 0. The van der Waals surface area contributed by atoms with Crippen LogP contribution in [-0.4, -0.2) is 35.5 Å². The first-order valence-electron chi connectivity index (χ1n) is 5.82. The Bertz CT molecular complexity index is 512. The first-order valence-corrected chi connectivity index (χ1v) is 5.82. The lowest BCUT2D eigenvalue weighted by atomic mass is 10.1. The average molecular weight is 269 g/mol. The number of hydrogen-bond acceptors (Lipinski definition) is 2. The van der Waals surface area contributed by atoms with Crippen molar-refractivity contribution in [1.29, 1.82) is 0 Å². The highest BCUT2D eigenvalue weighted by atomic mass is 19.1. The molecular weight excluding hydrogens is 256 g/mol. The third kappa shape index (κ3) is 2.72. The SMILES string of the molecule is CN(CC(=O)O)C(=O)[C@@H]1C[C@H]1c1c(F)cccc1F. The van der Waals surface area contributed by atoms with Gasteiger partial charge in [-0.1, -0.05) is 6.07 Å². The molecule has 19 heavy (non-hydrogen) atoms. The molecule has 0 unspecified atom stereocenters. The minimum absolute atomic E-state index is 0.0791. The van der Waals surface area contributed by atoms with E-state index in [0.717, 1.165) is 17.0 Å². The largest absolute Gasteiger partial charge is 0.480 e. The molecule has 0 radical (unpaired) electrons. The zero-order chi connectivity index (χ0) is 14.2. The van der Waals surface area contributed by atoms with E-state index < -0.39 is 41.9 Å². The van der Waals surface area contributed by atoms with E-state index in [9.17, 15) is 18.4 Å². The van der Waals surface area contributed by atoms with Crippen LogP contribution in [0, 0.1) is 17.6 Å². The number of nitrogens with zero attached hydrogens (tertiary/aromatic N) is 1. The number of carboxylic acid groups (broad SMARTS) is 1. The van der Waals surface area contributed by atoms with E-state index in [2.05, 4.69) is 0 Å². The van der Waals surface area contributed by atoms with E-state index >= 15 is 0 Å². The summed E-state index contributed by atoms with van der Waals surface area (Å²) in [5, 5.41) is 8.59. The number of halogens is 2. The molecule has 0 spiro atoms. The molecule has 102 valence electrons. The molecule has 0 saturated heterocycles. The Morgan fingerprint density at radius 3 is 2.47 bits per heavy atom. The minimum Gasteiger partial charge on any atom is -0.480 e. The molecule has 1 fully saturated rings. The van der Waals surface area contributed by atoms with Crippen molar-refractivity contribution in [1.82, 2.24) is 4.90 Å². The summed E-state index contributed by atoms with van der Waals surface area (Å²) in [5.74, 6) is -3.87. The van der Waals surface area contributed by atoms with E-state index in [1.54, 1.807) is 0 Å². The van der Waals surface area contributed by atoms with Gasteiger partial charge in [0.15, 0.2) is 0 Å². The van der Waals surface area contributed by atoms with Gasteiger partial charge in [0.05, 0.1) is 0 Å². The van der Waals surface area contributed by atoms with Crippen LogP contribution < -0.4 is 0 Å². The van der Waals surface area contributed by atoms with Crippen LogP contribution >= 0.6 is 0 Å². The van der Waals surface area contributed by atoms with Crippen LogP contribution in [0.4, 0.5) is 8.78 Å². The molecule has 1 aromatic carbocycles. The molecule has 4 nitrogen and oxygen atoms in total. The highest BCUT2D eigenvalue weighted by Crippen LogP contribution is 2.49. The second kappa shape index (κ2) is 4.95. The number of hydrogen-bond donors (Lipinski definition) is 1. The van der Waals surface area contributed by atoms with Crippen molar-refractivity contribution in [3.05, 3.63) is 35.4 Å². The molecule has 0 aliphatic heterocycles. The number of rotatable bonds is 4. The van der Waals surface area contributed by atoms with Crippen LogP contribution in [0.3, 0.4) is 0 Å². The standard InChI is InChI=1S/C13H13F2NO3/c1-16(6-11(17)18)13(19)8-5-7(8)12-9(14)3-2-4-10(12)15/h2-4,7-8H,5-6H2,1H3,(H,17,18)/t7-,8-/m1/s1. The van der Waals surface area contributed by atoms with Gasteiger partial charge in [0, 0.05) is 24.4 Å². The maximum absolute atomic E-state index is 13.5. The van der Waals surface area contributed by atoms with E-state index in [1.807, 2.05) is 0 Å². The predicted octanol–water partition coefficient (Wildman–Crippen LogP) is 1.61. The Balaban J connectivity index is 2.09. The minimum atomic E-state index is -1.12. The van der Waals surface area contributed by atoms with Crippen molar-refractivity contribution in [3.63, 3.8) is 0 Å². The van der Waals surface area contributed by atoms with Gasteiger partial charge >= 0.3 is 5.97 Å². The smallest absolute Gasteiger partial charge is 0.323 e. The highest BCUT2D eigenvalue weighted by molar-refractivity contribution is 5.85. The third-order valence-electron chi connectivity index (χ3n) is 3.23. The molecule has 2 rings (SSSR count). The highest BCUT2D eigenvalue weighted by Gasteiger charge is 2.47. The Hall–Kier alpha value is -1.98. The van der Waals surface area contributed by atoms with Gasteiger partial charge in [-0.15, -0.1) is 0 Å². The molecule has 1 aliphatic carbocycles. The number of aliphatic carboxylic acids is 1. The van der Waals surface area contributed by atoms with E-state index in [-0.39, 0.29) is 5.56 Å². The molecular formula is C13H13F2NO3. The zero-order valence-electron chi connectivity index (χ0n) is 10.3. The topological polar surface area (TPSA) is 57.6 Å². The zero-order valence-corrected chi connectivity index (χ0v) is 10.3. The summed E-state index contributed by atoms with van der Waals surface area (Å²) in [5.41, 5.74) is -0.0791. The first kappa shape index (κ1) is 13.5. The van der Waals surface area contributed by atoms with Crippen LogP contribution in [0.5, 0.6) is 0 Å². The van der Waals surface area contributed by atoms with Gasteiger partial charge in [-0.3, -0.25) is 9.59 Å². The number of carboxylic acids is 1. The fraction of sp³-hybridized carbons (Fsp3) is 0.385. The van der Waals surface area contributed by atoms with Crippen LogP contribution in [0.1, 0.15) is 17.9 Å². The predicted molar refractivity (Wildman–Crippen MR) is 62.5 cm³/mol. The van der Waals surface area contributed by atoms with Gasteiger partial charge in [0.25, 0.3) is 0 Å². The molecule has 0 aromatic heterocycles. The van der Waals surface area contributed by atoms with Gasteiger partial charge in [-0.2, -0.15) is 0 Å². The summed E-state index contributed by atoms with van der Waals surface area (Å²) in [4.78, 5) is 23.4. The van der Waals surface area contributed by atoms with E-state index in [4.69, 9.17) is 5.11 Å². The van der Waals surface area contributed by atoms with Crippen LogP contribution in [0.25, 0.3) is 0 Å². The monoisotopic (exact) mass is 269 g/mol. The van der Waals surface area contributed by atoms with Crippen molar-refractivity contribution in [2.45, 2.75) is 12.3 Å². The summed E-state index contributed by atoms with van der Waals surface area (Å²) < 4.78 is 27.1. The normalized spacial score (nSPS) is 21.0. The lowest BCUT2D eigenvalue weighted by Gasteiger charge is -2.14. The molecule has 1 aromatic rings. The molecule has 2 atom stereocenters. The number of likely N-dealkylation sites (N-methyl/N-ethyl adjacent to an activating group) is 1. The van der Waals surface area contributed by atoms with Gasteiger partial charge in [-0.25, -0.2) is 8.78 Å². The number of carbonyl (C=O) groups is 2. The van der Waals surface area contributed by atoms with Gasteiger partial charge < -0.3 is 10.0 Å². The Morgan fingerprint density at radius 2 is 1.95 bits per heavy atom. The number of benzene rings is 1.